The van der Waals surface area contributed by atoms with Gasteiger partial charge in [0.2, 0.25) is 5.91 Å². The molecule has 2 aliphatic heterocycles. The number of carbonyl (C=O) groups excluding carboxylic acids is 1. The predicted molar refractivity (Wildman–Crippen MR) is 98.8 cm³/mol. The van der Waals surface area contributed by atoms with E-state index in [1.807, 2.05) is 33.9 Å². The van der Waals surface area contributed by atoms with Gasteiger partial charge in [-0.3, -0.25) is 4.79 Å². The lowest BCUT2D eigenvalue weighted by molar-refractivity contribution is -0.135. The third-order valence-electron chi connectivity index (χ3n) is 5.58. The number of nitrogens with zero attached hydrogens (tertiary/aromatic N) is 4. The maximum Gasteiger partial charge on any atom is 0.242 e. The summed E-state index contributed by atoms with van der Waals surface area (Å²) in [6, 6.07) is 8.12. The van der Waals surface area contributed by atoms with Crippen LogP contribution >= 0.6 is 0 Å². The van der Waals surface area contributed by atoms with Crippen LogP contribution in [-0.2, 0) is 17.9 Å². The Kier molecular flexibility index (Phi) is 4.68. The number of likely N-dealkylation sites (tertiary alicyclic amines) is 1. The first-order valence-corrected chi connectivity index (χ1v) is 9.40. The van der Waals surface area contributed by atoms with Gasteiger partial charge in [0.05, 0.1) is 12.9 Å². The molecule has 0 N–H and O–H groups in total. The van der Waals surface area contributed by atoms with Crippen molar-refractivity contribution >= 4 is 5.91 Å². The first kappa shape index (κ1) is 17.1. The predicted octanol–water partition coefficient (Wildman–Crippen LogP) is 2.16. The summed E-state index contributed by atoms with van der Waals surface area (Å²) in [6.07, 6.45) is 7.12. The quantitative estimate of drug-likeness (QED) is 0.848. The van der Waals surface area contributed by atoms with Crippen LogP contribution in [0.25, 0.3) is 0 Å². The molecule has 1 spiro atoms. The van der Waals surface area contributed by atoms with E-state index in [1.165, 1.54) is 0 Å². The zero-order chi connectivity index (χ0) is 18.0. The number of imidazole rings is 1. The van der Waals surface area contributed by atoms with Crippen molar-refractivity contribution in [3.8, 4) is 5.75 Å². The van der Waals surface area contributed by atoms with Crippen molar-refractivity contribution in [2.45, 2.75) is 38.5 Å². The Morgan fingerprint density at radius 3 is 2.81 bits per heavy atom. The molecule has 4 rings (SSSR count). The highest BCUT2D eigenvalue weighted by molar-refractivity contribution is 5.76. The van der Waals surface area contributed by atoms with Gasteiger partial charge in [0.1, 0.15) is 17.9 Å². The van der Waals surface area contributed by atoms with Crippen LogP contribution in [0, 0.1) is 0 Å². The number of rotatable bonds is 3. The zero-order valence-corrected chi connectivity index (χ0v) is 15.3. The van der Waals surface area contributed by atoms with E-state index < -0.39 is 0 Å². The van der Waals surface area contributed by atoms with Crippen molar-refractivity contribution < 1.29 is 9.53 Å². The van der Waals surface area contributed by atoms with E-state index in [1.54, 1.807) is 12.5 Å². The van der Waals surface area contributed by atoms with E-state index in [9.17, 15) is 4.79 Å². The van der Waals surface area contributed by atoms with Crippen molar-refractivity contribution in [3.05, 3.63) is 48.5 Å². The Balaban J connectivity index is 1.59. The SMILES string of the molecule is CCN1CCC2(CC1)CN(C(=O)Cn1ccnc1)Cc1ccccc1O2. The zero-order valence-electron chi connectivity index (χ0n) is 15.3. The third kappa shape index (κ3) is 3.46. The summed E-state index contributed by atoms with van der Waals surface area (Å²) in [5, 5.41) is 0. The second kappa shape index (κ2) is 7.11. The number of amides is 1. The fourth-order valence-electron chi connectivity index (χ4n) is 3.96. The molecule has 0 bridgehead atoms. The Bertz CT molecular complexity index is 751. The molecule has 6 heteroatoms. The standard InChI is InChI=1S/C20H26N4O2/c1-2-22-10-7-20(8-11-22)15-24(19(25)14-23-12-9-21-16-23)13-17-5-3-4-6-18(17)26-20/h3-6,9,12,16H,2,7-8,10-11,13-15H2,1H3. The molecule has 0 unspecified atom stereocenters. The van der Waals surface area contributed by atoms with Gasteiger partial charge < -0.3 is 19.1 Å². The number of aromatic nitrogens is 2. The van der Waals surface area contributed by atoms with Crippen LogP contribution in [0.1, 0.15) is 25.3 Å². The van der Waals surface area contributed by atoms with Crippen molar-refractivity contribution in [2.24, 2.45) is 0 Å². The van der Waals surface area contributed by atoms with E-state index >= 15 is 0 Å². The Morgan fingerprint density at radius 1 is 1.27 bits per heavy atom. The molecular formula is C20H26N4O2. The lowest BCUT2D eigenvalue weighted by Gasteiger charge is -2.42. The van der Waals surface area contributed by atoms with Crippen molar-refractivity contribution in [1.82, 2.24) is 19.4 Å². The molecule has 0 atom stereocenters. The molecule has 3 heterocycles. The van der Waals surface area contributed by atoms with E-state index in [0.717, 1.165) is 43.8 Å². The number of fused-ring (bicyclic) bond motifs is 1. The molecular weight excluding hydrogens is 328 g/mol. The minimum absolute atomic E-state index is 0.112. The Morgan fingerprint density at radius 2 is 2.08 bits per heavy atom. The molecule has 0 aliphatic carbocycles. The first-order chi connectivity index (χ1) is 12.7. The van der Waals surface area contributed by atoms with E-state index in [0.29, 0.717) is 19.6 Å². The summed E-state index contributed by atoms with van der Waals surface area (Å²) >= 11 is 0. The highest BCUT2D eigenvalue weighted by Gasteiger charge is 2.41. The van der Waals surface area contributed by atoms with Crippen LogP contribution in [-0.4, -0.2) is 57.0 Å². The molecule has 1 aromatic carbocycles. The summed E-state index contributed by atoms with van der Waals surface area (Å²) in [5.74, 6) is 1.04. The van der Waals surface area contributed by atoms with Crippen molar-refractivity contribution in [3.63, 3.8) is 0 Å². The molecule has 6 nitrogen and oxygen atoms in total. The van der Waals surface area contributed by atoms with Crippen LogP contribution in [0.3, 0.4) is 0 Å². The highest BCUT2D eigenvalue weighted by atomic mass is 16.5. The summed E-state index contributed by atoms with van der Waals surface area (Å²) in [5.41, 5.74) is 0.796. The van der Waals surface area contributed by atoms with Gasteiger partial charge in [-0.15, -0.1) is 0 Å². The van der Waals surface area contributed by atoms with Gasteiger partial charge in [0, 0.05) is 50.4 Å². The van der Waals surface area contributed by atoms with Crippen molar-refractivity contribution in [1.29, 1.82) is 0 Å². The smallest absolute Gasteiger partial charge is 0.242 e. The van der Waals surface area contributed by atoms with E-state index in [4.69, 9.17) is 4.74 Å². The summed E-state index contributed by atoms with van der Waals surface area (Å²) < 4.78 is 8.38. The largest absolute Gasteiger partial charge is 0.485 e. The summed E-state index contributed by atoms with van der Waals surface area (Å²) in [4.78, 5) is 21.4. The number of piperidine rings is 1. The van der Waals surface area contributed by atoms with Gasteiger partial charge in [0.15, 0.2) is 0 Å². The van der Waals surface area contributed by atoms with E-state index in [-0.39, 0.29) is 11.5 Å². The van der Waals surface area contributed by atoms with Gasteiger partial charge in [0.25, 0.3) is 0 Å². The molecule has 0 saturated carbocycles. The lowest BCUT2D eigenvalue weighted by atomic mass is 9.90. The van der Waals surface area contributed by atoms with Crippen LogP contribution in [0.5, 0.6) is 5.75 Å². The van der Waals surface area contributed by atoms with Gasteiger partial charge >= 0.3 is 0 Å². The second-order valence-electron chi connectivity index (χ2n) is 7.31. The molecule has 1 fully saturated rings. The normalized spacial score (nSPS) is 19.7. The van der Waals surface area contributed by atoms with Crippen LogP contribution in [0.2, 0.25) is 0 Å². The highest BCUT2D eigenvalue weighted by Crippen LogP contribution is 2.35. The maximum absolute atomic E-state index is 13.0. The number of carbonyl (C=O) groups is 1. The monoisotopic (exact) mass is 354 g/mol. The fourth-order valence-corrected chi connectivity index (χ4v) is 3.96. The molecule has 2 aliphatic rings. The third-order valence-corrected chi connectivity index (χ3v) is 5.58. The maximum atomic E-state index is 13.0. The molecule has 1 aromatic heterocycles. The molecule has 138 valence electrons. The molecule has 1 saturated heterocycles. The van der Waals surface area contributed by atoms with Gasteiger partial charge in [-0.1, -0.05) is 25.1 Å². The minimum atomic E-state index is -0.289. The van der Waals surface area contributed by atoms with Gasteiger partial charge in [-0.2, -0.15) is 0 Å². The second-order valence-corrected chi connectivity index (χ2v) is 7.31. The topological polar surface area (TPSA) is 50.6 Å². The van der Waals surface area contributed by atoms with Crippen molar-refractivity contribution in [2.75, 3.05) is 26.2 Å². The first-order valence-electron chi connectivity index (χ1n) is 9.40. The average Bonchev–Trinajstić information content (AvgIpc) is 3.10. The number of para-hydroxylation sites is 1. The van der Waals surface area contributed by atoms with Crippen LogP contribution < -0.4 is 4.74 Å². The molecule has 1 amide bonds. The molecule has 26 heavy (non-hydrogen) atoms. The average molecular weight is 354 g/mol. The number of hydrogen-bond donors (Lipinski definition) is 0. The minimum Gasteiger partial charge on any atom is -0.485 e. The molecule has 2 aromatic rings. The lowest BCUT2D eigenvalue weighted by Crippen LogP contribution is -2.54. The fraction of sp³-hybridized carbons (Fsp3) is 0.500. The van der Waals surface area contributed by atoms with Crippen LogP contribution in [0.15, 0.2) is 43.0 Å². The number of hydrogen-bond acceptors (Lipinski definition) is 4. The Hall–Kier alpha value is -2.34. The van der Waals surface area contributed by atoms with Gasteiger partial charge in [-0.05, 0) is 12.6 Å². The Labute approximate surface area is 154 Å². The van der Waals surface area contributed by atoms with Crippen LogP contribution in [0.4, 0.5) is 0 Å². The number of ether oxygens (including phenoxy) is 1. The van der Waals surface area contributed by atoms with E-state index in [2.05, 4.69) is 22.9 Å². The van der Waals surface area contributed by atoms with Gasteiger partial charge in [-0.25, -0.2) is 4.98 Å². The summed E-state index contributed by atoms with van der Waals surface area (Å²) in [6.45, 7) is 6.86. The molecule has 0 radical (unpaired) electrons. The number of benzene rings is 1. The summed E-state index contributed by atoms with van der Waals surface area (Å²) in [7, 11) is 0.